The quantitative estimate of drug-likeness (QED) is 0.599. The molecule has 1 amide bonds. The molecule has 0 aliphatic carbocycles. The second-order valence-electron chi connectivity index (χ2n) is 6.68. The van der Waals surface area contributed by atoms with E-state index in [0.717, 1.165) is 22.5 Å². The number of nitrogens with zero attached hydrogens (tertiary/aromatic N) is 2. The lowest BCUT2D eigenvalue weighted by atomic mass is 9.99. The number of ether oxygens (including phenoxy) is 1. The van der Waals surface area contributed by atoms with Gasteiger partial charge >= 0.3 is 5.97 Å². The van der Waals surface area contributed by atoms with Crippen molar-refractivity contribution in [1.82, 2.24) is 9.55 Å². The monoisotopic (exact) mass is 411 g/mol. The highest BCUT2D eigenvalue weighted by molar-refractivity contribution is 6.30. The van der Waals surface area contributed by atoms with Gasteiger partial charge in [-0.25, -0.2) is 0 Å². The van der Waals surface area contributed by atoms with Gasteiger partial charge in [-0.3, -0.25) is 14.6 Å². The predicted molar refractivity (Wildman–Crippen MR) is 112 cm³/mol. The molecule has 150 valence electrons. The van der Waals surface area contributed by atoms with Crippen LogP contribution in [0.15, 0.2) is 48.8 Å². The van der Waals surface area contributed by atoms with Crippen molar-refractivity contribution in [3.05, 3.63) is 76.3 Å². The number of nitrogens with two attached hydrogens (primary N) is 1. The lowest BCUT2D eigenvalue weighted by Gasteiger charge is -2.13. The largest absolute Gasteiger partial charge is 0.469 e. The molecule has 2 heterocycles. The van der Waals surface area contributed by atoms with Gasteiger partial charge in [0.2, 0.25) is 0 Å². The SMILES string of the molecule is COC(=O)CCc1c(-c2cccnc2)c(C(N)=O)c(C)n1Cc1cccc(Cl)c1. The zero-order valence-corrected chi connectivity index (χ0v) is 17.1. The smallest absolute Gasteiger partial charge is 0.305 e. The summed E-state index contributed by atoms with van der Waals surface area (Å²) in [5, 5.41) is 0.631. The van der Waals surface area contributed by atoms with Gasteiger partial charge < -0.3 is 15.0 Å². The average molecular weight is 412 g/mol. The van der Waals surface area contributed by atoms with Crippen molar-refractivity contribution in [3.63, 3.8) is 0 Å². The van der Waals surface area contributed by atoms with Crippen molar-refractivity contribution in [2.75, 3.05) is 7.11 Å². The van der Waals surface area contributed by atoms with Gasteiger partial charge in [0, 0.05) is 46.5 Å². The summed E-state index contributed by atoms with van der Waals surface area (Å²) >= 11 is 6.14. The van der Waals surface area contributed by atoms with E-state index < -0.39 is 5.91 Å². The Morgan fingerprint density at radius 1 is 1.24 bits per heavy atom. The number of carbonyl (C=O) groups excluding carboxylic acids is 2. The Morgan fingerprint density at radius 3 is 2.66 bits per heavy atom. The Bertz CT molecular complexity index is 1040. The van der Waals surface area contributed by atoms with Gasteiger partial charge in [0.05, 0.1) is 19.1 Å². The zero-order chi connectivity index (χ0) is 21.0. The molecule has 0 atom stereocenters. The lowest BCUT2D eigenvalue weighted by Crippen LogP contribution is -2.13. The number of esters is 1. The third kappa shape index (κ3) is 4.49. The number of amides is 1. The third-order valence-electron chi connectivity index (χ3n) is 4.85. The van der Waals surface area contributed by atoms with Crippen molar-refractivity contribution in [3.8, 4) is 11.1 Å². The summed E-state index contributed by atoms with van der Waals surface area (Å²) in [6.45, 7) is 2.34. The summed E-state index contributed by atoms with van der Waals surface area (Å²) in [7, 11) is 1.36. The summed E-state index contributed by atoms with van der Waals surface area (Å²) in [4.78, 5) is 28.4. The topological polar surface area (TPSA) is 87.2 Å². The van der Waals surface area contributed by atoms with E-state index in [0.29, 0.717) is 29.1 Å². The normalized spacial score (nSPS) is 10.7. The first-order valence-electron chi connectivity index (χ1n) is 9.15. The molecular weight excluding hydrogens is 390 g/mol. The van der Waals surface area contributed by atoms with Gasteiger partial charge in [0.25, 0.3) is 5.91 Å². The minimum Gasteiger partial charge on any atom is -0.469 e. The molecule has 29 heavy (non-hydrogen) atoms. The van der Waals surface area contributed by atoms with Gasteiger partial charge in [-0.2, -0.15) is 0 Å². The van der Waals surface area contributed by atoms with Gasteiger partial charge in [-0.15, -0.1) is 0 Å². The molecule has 2 N–H and O–H groups in total. The first kappa shape index (κ1) is 20.6. The Labute approximate surface area is 174 Å². The number of hydrogen-bond acceptors (Lipinski definition) is 4. The number of aromatic nitrogens is 2. The maximum Gasteiger partial charge on any atom is 0.305 e. The molecule has 0 aliphatic rings. The maximum atomic E-state index is 12.4. The number of benzene rings is 1. The number of rotatable bonds is 7. The zero-order valence-electron chi connectivity index (χ0n) is 16.3. The minimum atomic E-state index is -0.523. The third-order valence-corrected chi connectivity index (χ3v) is 5.09. The summed E-state index contributed by atoms with van der Waals surface area (Å²) in [5.41, 5.74) is 10.2. The van der Waals surface area contributed by atoms with Crippen molar-refractivity contribution in [1.29, 1.82) is 0 Å². The molecule has 0 unspecified atom stereocenters. The number of methoxy groups -OCH3 is 1. The van der Waals surface area contributed by atoms with Crippen LogP contribution < -0.4 is 5.73 Å². The molecule has 6 nitrogen and oxygen atoms in total. The first-order chi connectivity index (χ1) is 13.9. The number of hydrogen-bond donors (Lipinski definition) is 1. The minimum absolute atomic E-state index is 0.182. The molecule has 0 fully saturated rings. The van der Waals surface area contributed by atoms with Crippen LogP contribution in [-0.4, -0.2) is 28.5 Å². The van der Waals surface area contributed by atoms with E-state index in [4.69, 9.17) is 22.1 Å². The summed E-state index contributed by atoms with van der Waals surface area (Å²) in [5.74, 6) is -0.846. The van der Waals surface area contributed by atoms with E-state index >= 15 is 0 Å². The van der Waals surface area contributed by atoms with Crippen LogP contribution in [0, 0.1) is 6.92 Å². The standard InChI is InChI=1S/C22H22ClN3O3/c1-14-20(22(24)28)21(16-6-4-10-25-12-16)18(8-9-19(27)29-2)26(14)13-15-5-3-7-17(23)11-15/h3-7,10-12H,8-9,13H2,1-2H3,(H2,24,28). The van der Waals surface area contributed by atoms with Crippen molar-refractivity contribution < 1.29 is 14.3 Å². The van der Waals surface area contributed by atoms with Crippen LogP contribution in [0.1, 0.15) is 33.7 Å². The molecule has 0 spiro atoms. The molecule has 1 aromatic carbocycles. The highest BCUT2D eigenvalue weighted by atomic mass is 35.5. The van der Waals surface area contributed by atoms with Crippen molar-refractivity contribution in [2.45, 2.75) is 26.3 Å². The van der Waals surface area contributed by atoms with Crippen LogP contribution in [0.25, 0.3) is 11.1 Å². The highest BCUT2D eigenvalue weighted by Gasteiger charge is 2.25. The van der Waals surface area contributed by atoms with E-state index in [1.54, 1.807) is 18.5 Å². The van der Waals surface area contributed by atoms with Crippen LogP contribution in [0.4, 0.5) is 0 Å². The number of primary amides is 1. The van der Waals surface area contributed by atoms with Crippen LogP contribution in [-0.2, 0) is 22.5 Å². The molecule has 0 bridgehead atoms. The number of carbonyl (C=O) groups is 2. The Hall–Kier alpha value is -3.12. The molecule has 0 saturated heterocycles. The molecule has 0 radical (unpaired) electrons. The fraction of sp³-hybridized carbons (Fsp3) is 0.227. The second kappa shape index (κ2) is 8.92. The van der Waals surface area contributed by atoms with E-state index in [9.17, 15) is 9.59 Å². The fourth-order valence-corrected chi connectivity index (χ4v) is 3.75. The van der Waals surface area contributed by atoms with Crippen molar-refractivity contribution >= 4 is 23.5 Å². The van der Waals surface area contributed by atoms with Gasteiger partial charge in [-0.05, 0) is 37.1 Å². The molecule has 0 aliphatic heterocycles. The summed E-state index contributed by atoms with van der Waals surface area (Å²) < 4.78 is 6.82. The Morgan fingerprint density at radius 2 is 2.03 bits per heavy atom. The number of halogens is 1. The Kier molecular flexibility index (Phi) is 6.34. The fourth-order valence-electron chi connectivity index (χ4n) is 3.54. The lowest BCUT2D eigenvalue weighted by molar-refractivity contribution is -0.140. The van der Waals surface area contributed by atoms with Crippen LogP contribution in [0.2, 0.25) is 5.02 Å². The Balaban J connectivity index is 2.19. The molecule has 3 rings (SSSR count). The van der Waals surface area contributed by atoms with E-state index in [2.05, 4.69) is 4.98 Å². The molecular formula is C22H22ClN3O3. The van der Waals surface area contributed by atoms with Crippen LogP contribution >= 0.6 is 11.6 Å². The summed E-state index contributed by atoms with van der Waals surface area (Å²) in [6, 6.07) is 11.2. The van der Waals surface area contributed by atoms with E-state index in [-0.39, 0.29) is 12.4 Å². The van der Waals surface area contributed by atoms with Gasteiger partial charge in [-0.1, -0.05) is 29.8 Å². The maximum absolute atomic E-state index is 12.4. The van der Waals surface area contributed by atoms with E-state index in [1.165, 1.54) is 7.11 Å². The van der Waals surface area contributed by atoms with Gasteiger partial charge in [0.15, 0.2) is 0 Å². The van der Waals surface area contributed by atoms with E-state index in [1.807, 2.05) is 41.8 Å². The van der Waals surface area contributed by atoms with Crippen molar-refractivity contribution in [2.24, 2.45) is 5.73 Å². The molecule has 0 saturated carbocycles. The average Bonchev–Trinajstić information content (AvgIpc) is 2.98. The summed E-state index contributed by atoms with van der Waals surface area (Å²) in [6.07, 6.45) is 3.93. The second-order valence-corrected chi connectivity index (χ2v) is 7.12. The van der Waals surface area contributed by atoms with Crippen LogP contribution in [0.3, 0.4) is 0 Å². The van der Waals surface area contributed by atoms with Gasteiger partial charge in [0.1, 0.15) is 0 Å². The first-order valence-corrected chi connectivity index (χ1v) is 9.53. The molecule has 3 aromatic rings. The molecule has 2 aromatic heterocycles. The number of pyridine rings is 1. The van der Waals surface area contributed by atoms with Crippen LogP contribution in [0.5, 0.6) is 0 Å². The molecule has 7 heteroatoms. The predicted octanol–water partition coefficient (Wildman–Crippen LogP) is 3.76. The highest BCUT2D eigenvalue weighted by Crippen LogP contribution is 2.34.